The Bertz CT molecular complexity index is 1050. The maximum atomic E-state index is 13.2. The number of nitrogens with zero attached hydrogens (tertiary/aromatic N) is 3. The number of fused-ring (bicyclic) bond motifs is 2. The van der Waals surface area contributed by atoms with Crippen LogP contribution in [-0.4, -0.2) is 77.8 Å². The molecule has 33 heavy (non-hydrogen) atoms. The maximum Gasteiger partial charge on any atom is 0.331 e. The van der Waals surface area contributed by atoms with E-state index in [0.717, 1.165) is 21.6 Å². The van der Waals surface area contributed by atoms with Crippen LogP contribution in [0.2, 0.25) is 0 Å². The minimum atomic E-state index is -1.96. The van der Waals surface area contributed by atoms with Crippen molar-refractivity contribution in [1.29, 1.82) is 0 Å². The molecule has 3 aliphatic rings. The molecule has 0 aromatic heterocycles. The number of ether oxygens (including phenoxy) is 1. The number of imide groups is 1. The van der Waals surface area contributed by atoms with Gasteiger partial charge in [-0.3, -0.25) is 19.3 Å². The first-order chi connectivity index (χ1) is 15.4. The first-order valence-corrected chi connectivity index (χ1v) is 11.5. The number of hydrogen-bond acceptors (Lipinski definition) is 9. The van der Waals surface area contributed by atoms with Gasteiger partial charge in [-0.05, 0) is 19.1 Å². The van der Waals surface area contributed by atoms with Crippen LogP contribution < -0.4 is 0 Å². The molecule has 3 heterocycles. The fourth-order valence-corrected chi connectivity index (χ4v) is 5.76. The first-order valence-electron chi connectivity index (χ1n) is 9.33. The highest BCUT2D eigenvalue weighted by atomic mass is 35.6. The highest BCUT2D eigenvalue weighted by molar-refractivity contribution is 8.00. The number of halogens is 3. The quantitative estimate of drug-likeness (QED) is 0.137. The van der Waals surface area contributed by atoms with Crippen LogP contribution in [0.1, 0.15) is 27.6 Å². The van der Waals surface area contributed by atoms with Gasteiger partial charge in [0.05, 0.1) is 11.1 Å². The average Bonchev–Trinajstić information content (AvgIpc) is 2.96. The third-order valence-electron chi connectivity index (χ3n) is 5.44. The number of β-lactam (4-membered cyclic amide) rings is 1. The van der Waals surface area contributed by atoms with Crippen molar-refractivity contribution in [2.45, 2.75) is 33.8 Å². The zero-order valence-electron chi connectivity index (χ0n) is 16.6. The van der Waals surface area contributed by atoms with E-state index in [4.69, 9.17) is 44.4 Å². The second-order valence-electron chi connectivity index (χ2n) is 7.67. The fourth-order valence-electron chi connectivity index (χ4n) is 4.08. The molecule has 11 nitrogen and oxygen atoms in total. The molecule has 4 atom stereocenters. The SMILES string of the molecule is C[C@@]1(O[N+](=O)[O-])CS[C@H]2C(N3C(=O)c4ccccc4C3=O)C(=O)N2C1C(=O)OCC(Cl)(Cl)Cl. The van der Waals surface area contributed by atoms with Crippen molar-refractivity contribution >= 4 is 70.3 Å². The average molecular weight is 539 g/mol. The van der Waals surface area contributed by atoms with Crippen LogP contribution >= 0.6 is 46.6 Å². The van der Waals surface area contributed by atoms with Gasteiger partial charge in [-0.25, -0.2) is 4.79 Å². The molecule has 3 amide bonds. The molecule has 1 aromatic carbocycles. The van der Waals surface area contributed by atoms with Crippen LogP contribution in [0.25, 0.3) is 0 Å². The summed E-state index contributed by atoms with van der Waals surface area (Å²) in [5.74, 6) is -3.27. The van der Waals surface area contributed by atoms with E-state index in [1.54, 1.807) is 12.1 Å². The zero-order chi connectivity index (χ0) is 24.3. The van der Waals surface area contributed by atoms with E-state index in [1.807, 2.05) is 0 Å². The molecule has 2 fully saturated rings. The molecule has 0 spiro atoms. The summed E-state index contributed by atoms with van der Waals surface area (Å²) in [5.41, 5.74) is -1.47. The van der Waals surface area contributed by atoms with Gasteiger partial charge in [-0.15, -0.1) is 21.9 Å². The molecule has 1 aromatic rings. The third kappa shape index (κ3) is 3.98. The third-order valence-corrected chi connectivity index (χ3v) is 7.33. The van der Waals surface area contributed by atoms with Gasteiger partial charge in [-0.1, -0.05) is 46.9 Å². The van der Waals surface area contributed by atoms with Crippen LogP contribution in [0, 0.1) is 10.1 Å². The van der Waals surface area contributed by atoms with E-state index >= 15 is 0 Å². The Morgan fingerprint density at radius 2 is 1.82 bits per heavy atom. The van der Waals surface area contributed by atoms with Crippen LogP contribution in [0.4, 0.5) is 0 Å². The summed E-state index contributed by atoms with van der Waals surface area (Å²) in [6, 6.07) is 3.35. The Balaban J connectivity index is 1.63. The summed E-state index contributed by atoms with van der Waals surface area (Å²) < 4.78 is 3.03. The lowest BCUT2D eigenvalue weighted by molar-refractivity contribution is -0.779. The van der Waals surface area contributed by atoms with Gasteiger partial charge in [0.25, 0.3) is 22.8 Å². The number of carbonyl (C=O) groups excluding carboxylic acids is 4. The molecule has 176 valence electrons. The lowest BCUT2D eigenvalue weighted by atomic mass is 9.90. The molecule has 15 heteroatoms. The van der Waals surface area contributed by atoms with Crippen molar-refractivity contribution < 1.29 is 33.8 Å². The molecular weight excluding hydrogens is 525 g/mol. The molecule has 3 aliphatic heterocycles. The van der Waals surface area contributed by atoms with Gasteiger partial charge in [-0.2, -0.15) is 0 Å². The van der Waals surface area contributed by atoms with E-state index in [2.05, 4.69) is 0 Å². The highest BCUT2D eigenvalue weighted by Gasteiger charge is 2.66. The van der Waals surface area contributed by atoms with Crippen molar-refractivity contribution in [2.24, 2.45) is 0 Å². The number of carbonyl (C=O) groups is 4. The first kappa shape index (κ1) is 23.9. The van der Waals surface area contributed by atoms with Crippen molar-refractivity contribution in [3.05, 3.63) is 45.5 Å². The summed E-state index contributed by atoms with van der Waals surface area (Å²) in [5, 5.41) is 9.15. The van der Waals surface area contributed by atoms with E-state index in [-0.39, 0.29) is 16.9 Å². The number of benzene rings is 1. The van der Waals surface area contributed by atoms with Crippen molar-refractivity contribution in [1.82, 2.24) is 9.80 Å². The minimum absolute atomic E-state index is 0.129. The van der Waals surface area contributed by atoms with Gasteiger partial charge in [0.15, 0.2) is 11.6 Å². The summed E-state index contributed by atoms with van der Waals surface area (Å²) >= 11 is 17.9. The van der Waals surface area contributed by atoms with Gasteiger partial charge in [0.1, 0.15) is 18.0 Å². The van der Waals surface area contributed by atoms with Crippen LogP contribution in [-0.2, 0) is 19.2 Å². The number of thioether (sulfide) groups is 1. The number of alkyl halides is 3. The fraction of sp³-hybridized carbons (Fsp3) is 0.444. The van der Waals surface area contributed by atoms with Crippen LogP contribution in [0.15, 0.2) is 24.3 Å². The maximum absolute atomic E-state index is 13.2. The second-order valence-corrected chi connectivity index (χ2v) is 11.3. The predicted octanol–water partition coefficient (Wildman–Crippen LogP) is 1.82. The van der Waals surface area contributed by atoms with Gasteiger partial charge in [0.2, 0.25) is 3.79 Å². The Morgan fingerprint density at radius 3 is 2.33 bits per heavy atom. The summed E-state index contributed by atoms with van der Waals surface area (Å²) in [6.45, 7) is 0.589. The lowest BCUT2D eigenvalue weighted by Crippen LogP contribution is -2.79. The van der Waals surface area contributed by atoms with E-state index < -0.39 is 62.2 Å². The molecule has 0 radical (unpaired) electrons. The molecule has 0 aliphatic carbocycles. The molecule has 2 unspecified atom stereocenters. The Morgan fingerprint density at radius 1 is 1.24 bits per heavy atom. The van der Waals surface area contributed by atoms with E-state index in [1.165, 1.54) is 19.1 Å². The van der Waals surface area contributed by atoms with Gasteiger partial charge >= 0.3 is 5.97 Å². The number of hydrogen-bond donors (Lipinski definition) is 0. The summed E-state index contributed by atoms with van der Waals surface area (Å²) in [7, 11) is 0. The largest absolute Gasteiger partial charge is 0.460 e. The van der Waals surface area contributed by atoms with Gasteiger partial charge < -0.3 is 14.5 Å². The summed E-state index contributed by atoms with van der Waals surface area (Å²) in [6.07, 6.45) is 0. The zero-order valence-corrected chi connectivity index (χ0v) is 19.7. The van der Waals surface area contributed by atoms with Crippen molar-refractivity contribution in [2.75, 3.05) is 12.4 Å². The minimum Gasteiger partial charge on any atom is -0.460 e. The van der Waals surface area contributed by atoms with Gasteiger partial charge in [0, 0.05) is 5.75 Å². The van der Waals surface area contributed by atoms with Crippen molar-refractivity contribution in [3.63, 3.8) is 0 Å². The van der Waals surface area contributed by atoms with Crippen molar-refractivity contribution in [3.8, 4) is 0 Å². The predicted molar refractivity (Wildman–Crippen MR) is 115 cm³/mol. The molecule has 0 bridgehead atoms. The Labute approximate surface area is 205 Å². The smallest absolute Gasteiger partial charge is 0.331 e. The number of amides is 3. The monoisotopic (exact) mass is 537 g/mol. The molecule has 4 rings (SSSR count). The Kier molecular flexibility index (Phi) is 5.92. The lowest BCUT2D eigenvalue weighted by Gasteiger charge is -2.57. The molecular formula is C18H14Cl3N3O8S. The molecule has 2 saturated heterocycles. The molecule has 0 saturated carbocycles. The second kappa shape index (κ2) is 8.19. The summed E-state index contributed by atoms with van der Waals surface area (Å²) in [4.78, 5) is 69.4. The van der Waals surface area contributed by atoms with E-state index in [0.29, 0.717) is 0 Å². The molecule has 0 N–H and O–H groups in total. The van der Waals surface area contributed by atoms with Crippen LogP contribution in [0.5, 0.6) is 0 Å². The topological polar surface area (TPSA) is 136 Å². The number of rotatable bonds is 5. The van der Waals surface area contributed by atoms with E-state index in [9.17, 15) is 29.3 Å². The number of esters is 1. The standard InChI is InChI=1S/C18H14Cl3N3O8S/c1-17(32-24(29)30)7-33-15-10(22-12(25)8-4-2-3-5-9(8)13(22)26)14(27)23(15)11(17)16(28)31-6-18(19,20)21/h2-5,10-11,15H,6-7H2,1H3/t10?,11?,15-,17+/m0/s1. The Hall–Kier alpha value is -2.28. The highest BCUT2D eigenvalue weighted by Crippen LogP contribution is 2.47. The van der Waals surface area contributed by atoms with Crippen LogP contribution in [0.3, 0.4) is 0 Å². The normalized spacial score (nSPS) is 28.7.